The van der Waals surface area contributed by atoms with Crippen molar-refractivity contribution in [3.05, 3.63) is 70.8 Å². The first kappa shape index (κ1) is 18.7. The number of nitrogens with one attached hydrogen (secondary N) is 1. The van der Waals surface area contributed by atoms with Gasteiger partial charge >= 0.3 is 5.97 Å². The third-order valence-corrected chi connectivity index (χ3v) is 3.76. The zero-order valence-electron chi connectivity index (χ0n) is 14.0. The van der Waals surface area contributed by atoms with Crippen molar-refractivity contribution >= 4 is 35.2 Å². The minimum Gasteiger partial charge on any atom is -0.462 e. The van der Waals surface area contributed by atoms with E-state index in [1.807, 2.05) is 25.1 Å². The first-order valence-corrected chi connectivity index (χ1v) is 8.48. The van der Waals surface area contributed by atoms with Gasteiger partial charge in [0.05, 0.1) is 12.2 Å². The summed E-state index contributed by atoms with van der Waals surface area (Å²) in [6.45, 7) is 2.42. The summed E-state index contributed by atoms with van der Waals surface area (Å²) < 4.78 is 5.17. The number of carbonyl (C=O) groups excluding carboxylic acids is 2. The molecule has 25 heavy (non-hydrogen) atoms. The predicted molar refractivity (Wildman–Crippen MR) is 101 cm³/mol. The maximum Gasteiger partial charge on any atom is 0.338 e. The summed E-state index contributed by atoms with van der Waals surface area (Å²) in [5, 5.41) is 3.29. The van der Waals surface area contributed by atoms with E-state index >= 15 is 0 Å². The van der Waals surface area contributed by atoms with Crippen LogP contribution in [0.15, 0.2) is 54.6 Å². The van der Waals surface area contributed by atoms with Crippen molar-refractivity contribution in [1.82, 2.24) is 0 Å². The Morgan fingerprint density at radius 3 is 2.72 bits per heavy atom. The lowest BCUT2D eigenvalue weighted by Crippen LogP contribution is -2.10. The molecule has 0 saturated heterocycles. The number of esters is 1. The molecule has 5 heteroatoms. The van der Waals surface area contributed by atoms with Crippen molar-refractivity contribution in [3.8, 4) is 0 Å². The zero-order valence-corrected chi connectivity index (χ0v) is 14.8. The van der Waals surface area contributed by atoms with Gasteiger partial charge in [-0.3, -0.25) is 4.79 Å². The summed E-state index contributed by atoms with van der Waals surface area (Å²) in [5.74, 6) is -0.701. The average Bonchev–Trinajstić information content (AvgIpc) is 2.61. The van der Waals surface area contributed by atoms with Crippen LogP contribution in [-0.2, 0) is 9.53 Å². The van der Waals surface area contributed by atoms with Crippen LogP contribution in [0.1, 0.15) is 35.7 Å². The molecule has 130 valence electrons. The molecule has 2 aromatic rings. The van der Waals surface area contributed by atoms with Gasteiger partial charge in [-0.05, 0) is 42.3 Å². The predicted octanol–water partition coefficient (Wildman–Crippen LogP) is 4.95. The van der Waals surface area contributed by atoms with E-state index in [-0.39, 0.29) is 5.91 Å². The van der Waals surface area contributed by atoms with Gasteiger partial charge in [-0.25, -0.2) is 4.79 Å². The Labute approximate surface area is 152 Å². The number of ether oxygens (including phenoxy) is 1. The van der Waals surface area contributed by atoms with Crippen molar-refractivity contribution in [2.75, 3.05) is 11.9 Å². The second kappa shape index (κ2) is 9.64. The van der Waals surface area contributed by atoms with E-state index < -0.39 is 5.97 Å². The fraction of sp³-hybridized carbons (Fsp3) is 0.200. The Balaban J connectivity index is 1.98. The molecule has 0 aliphatic rings. The molecule has 2 rings (SSSR count). The molecule has 0 aromatic heterocycles. The smallest absolute Gasteiger partial charge is 0.338 e. The van der Waals surface area contributed by atoms with Crippen LogP contribution in [0.4, 0.5) is 5.69 Å². The second-order valence-corrected chi connectivity index (χ2v) is 5.82. The highest BCUT2D eigenvalue weighted by Crippen LogP contribution is 2.17. The Bertz CT molecular complexity index is 771. The molecule has 2 aromatic carbocycles. The minimum atomic E-state index is -0.392. The topological polar surface area (TPSA) is 55.4 Å². The average molecular weight is 358 g/mol. The monoisotopic (exact) mass is 357 g/mol. The molecule has 1 N–H and O–H groups in total. The van der Waals surface area contributed by atoms with E-state index in [2.05, 4.69) is 5.32 Å². The van der Waals surface area contributed by atoms with Crippen LogP contribution in [0.25, 0.3) is 6.08 Å². The highest BCUT2D eigenvalue weighted by Gasteiger charge is 2.08. The second-order valence-electron chi connectivity index (χ2n) is 5.41. The number of anilines is 1. The molecular weight excluding hydrogens is 338 g/mol. The van der Waals surface area contributed by atoms with Gasteiger partial charge in [0.15, 0.2) is 0 Å². The first-order valence-electron chi connectivity index (χ1n) is 8.11. The quantitative estimate of drug-likeness (QED) is 0.433. The number of carbonyl (C=O) groups is 2. The molecule has 0 atom stereocenters. The van der Waals surface area contributed by atoms with Gasteiger partial charge in [-0.1, -0.05) is 49.2 Å². The Morgan fingerprint density at radius 2 is 1.96 bits per heavy atom. The van der Waals surface area contributed by atoms with E-state index in [1.54, 1.807) is 36.4 Å². The third-order valence-electron chi connectivity index (χ3n) is 3.42. The SMILES string of the molecule is CCCCOC(=O)c1cccc(NC(=O)/C=C\c2ccccc2Cl)c1. The summed E-state index contributed by atoms with van der Waals surface area (Å²) in [4.78, 5) is 24.0. The van der Waals surface area contributed by atoms with Gasteiger partial charge in [-0.2, -0.15) is 0 Å². The van der Waals surface area contributed by atoms with Gasteiger partial charge in [0.25, 0.3) is 0 Å². The van der Waals surface area contributed by atoms with E-state index in [4.69, 9.17) is 16.3 Å². The molecule has 0 aliphatic heterocycles. The molecular formula is C20H20ClNO3. The molecule has 0 unspecified atom stereocenters. The lowest BCUT2D eigenvalue weighted by molar-refractivity contribution is -0.111. The summed E-state index contributed by atoms with van der Waals surface area (Å²) in [6, 6.07) is 13.9. The number of amides is 1. The fourth-order valence-electron chi connectivity index (χ4n) is 2.08. The summed E-state index contributed by atoms with van der Waals surface area (Å²) in [6.07, 6.45) is 4.82. The number of halogens is 1. The number of benzene rings is 2. The molecule has 0 radical (unpaired) electrons. The van der Waals surface area contributed by atoms with Crippen LogP contribution in [-0.4, -0.2) is 18.5 Å². The van der Waals surface area contributed by atoms with Crippen LogP contribution in [0.3, 0.4) is 0 Å². The minimum absolute atomic E-state index is 0.309. The van der Waals surface area contributed by atoms with Crippen molar-refractivity contribution in [3.63, 3.8) is 0 Å². The standard InChI is InChI=1S/C20H20ClNO3/c1-2-3-13-25-20(24)16-8-6-9-17(14-16)22-19(23)12-11-15-7-4-5-10-18(15)21/h4-12,14H,2-3,13H2,1H3,(H,22,23)/b12-11-. The van der Waals surface area contributed by atoms with Crippen molar-refractivity contribution in [2.24, 2.45) is 0 Å². The molecule has 4 nitrogen and oxygen atoms in total. The number of hydrogen-bond acceptors (Lipinski definition) is 3. The highest BCUT2D eigenvalue weighted by atomic mass is 35.5. The lowest BCUT2D eigenvalue weighted by atomic mass is 10.2. The Morgan fingerprint density at radius 1 is 1.16 bits per heavy atom. The van der Waals surface area contributed by atoms with Gasteiger partial charge in [0.1, 0.15) is 0 Å². The van der Waals surface area contributed by atoms with Crippen LogP contribution in [0, 0.1) is 0 Å². The van der Waals surface area contributed by atoms with Gasteiger partial charge < -0.3 is 10.1 Å². The van der Waals surface area contributed by atoms with E-state index in [0.717, 1.165) is 18.4 Å². The van der Waals surface area contributed by atoms with E-state index in [9.17, 15) is 9.59 Å². The normalized spacial score (nSPS) is 10.6. The van der Waals surface area contributed by atoms with E-state index in [0.29, 0.717) is 22.9 Å². The molecule has 0 aliphatic carbocycles. The van der Waals surface area contributed by atoms with Crippen molar-refractivity contribution in [1.29, 1.82) is 0 Å². The number of hydrogen-bond donors (Lipinski definition) is 1. The maximum atomic E-state index is 12.0. The molecule has 0 bridgehead atoms. The van der Waals surface area contributed by atoms with E-state index in [1.165, 1.54) is 6.08 Å². The van der Waals surface area contributed by atoms with Crippen molar-refractivity contribution < 1.29 is 14.3 Å². The number of unbranched alkanes of at least 4 members (excludes halogenated alkanes) is 1. The van der Waals surface area contributed by atoms with Gasteiger partial charge in [0, 0.05) is 16.8 Å². The van der Waals surface area contributed by atoms with Crippen LogP contribution in [0.5, 0.6) is 0 Å². The first-order chi connectivity index (χ1) is 12.1. The largest absolute Gasteiger partial charge is 0.462 e. The highest BCUT2D eigenvalue weighted by molar-refractivity contribution is 6.32. The summed E-state index contributed by atoms with van der Waals surface area (Å²) >= 11 is 6.04. The molecule has 0 fully saturated rings. The van der Waals surface area contributed by atoms with Gasteiger partial charge in [-0.15, -0.1) is 0 Å². The Hall–Kier alpha value is -2.59. The van der Waals surface area contributed by atoms with Crippen molar-refractivity contribution in [2.45, 2.75) is 19.8 Å². The molecule has 0 heterocycles. The fourth-order valence-corrected chi connectivity index (χ4v) is 2.27. The molecule has 1 amide bonds. The van der Waals surface area contributed by atoms with Gasteiger partial charge in [0.2, 0.25) is 5.91 Å². The zero-order chi connectivity index (χ0) is 18.1. The molecule has 0 spiro atoms. The summed E-state index contributed by atoms with van der Waals surface area (Å²) in [7, 11) is 0. The maximum absolute atomic E-state index is 12.0. The molecule has 0 saturated carbocycles. The Kier molecular flexibility index (Phi) is 7.23. The summed E-state index contributed by atoms with van der Waals surface area (Å²) in [5.41, 5.74) is 1.69. The van der Waals surface area contributed by atoms with Crippen LogP contribution >= 0.6 is 11.6 Å². The van der Waals surface area contributed by atoms with Crippen LogP contribution < -0.4 is 5.32 Å². The number of rotatable bonds is 7. The third kappa shape index (κ3) is 6.08. The van der Waals surface area contributed by atoms with Crippen LogP contribution in [0.2, 0.25) is 5.02 Å². The lowest BCUT2D eigenvalue weighted by Gasteiger charge is -2.06.